The summed E-state index contributed by atoms with van der Waals surface area (Å²) >= 11 is 0. The highest BCUT2D eigenvalue weighted by Crippen LogP contribution is 2.38. The van der Waals surface area contributed by atoms with Crippen LogP contribution in [0.5, 0.6) is 11.5 Å². The molecule has 0 aliphatic carbocycles. The van der Waals surface area contributed by atoms with E-state index in [2.05, 4.69) is 51.1 Å². The van der Waals surface area contributed by atoms with Crippen LogP contribution in [-0.2, 0) is 11.8 Å². The van der Waals surface area contributed by atoms with Crippen LogP contribution in [0.4, 0.5) is 0 Å². The van der Waals surface area contributed by atoms with Crippen molar-refractivity contribution in [1.29, 1.82) is 0 Å². The first-order valence-corrected chi connectivity index (χ1v) is 7.41. The van der Waals surface area contributed by atoms with E-state index >= 15 is 0 Å². The average molecular weight is 282 g/mol. The Bertz CT molecular complexity index is 636. The average Bonchev–Trinajstić information content (AvgIpc) is 2.89. The van der Waals surface area contributed by atoms with Gasteiger partial charge < -0.3 is 9.47 Å². The third kappa shape index (κ3) is 2.76. The van der Waals surface area contributed by atoms with E-state index in [-0.39, 0.29) is 11.5 Å². The molecule has 1 unspecified atom stereocenters. The van der Waals surface area contributed by atoms with Crippen LogP contribution in [0.25, 0.3) is 0 Å². The summed E-state index contributed by atoms with van der Waals surface area (Å²) in [7, 11) is 1.69. The normalized spacial score (nSPS) is 17.2. The Balaban J connectivity index is 1.81. The van der Waals surface area contributed by atoms with Gasteiger partial charge in [0.15, 0.2) is 0 Å². The predicted molar refractivity (Wildman–Crippen MR) is 85.2 cm³/mol. The van der Waals surface area contributed by atoms with Crippen molar-refractivity contribution in [3.05, 3.63) is 59.2 Å². The van der Waals surface area contributed by atoms with E-state index in [0.717, 1.165) is 17.9 Å². The van der Waals surface area contributed by atoms with E-state index in [9.17, 15) is 0 Å². The molecule has 1 aliphatic heterocycles. The zero-order valence-electron chi connectivity index (χ0n) is 13.1. The second-order valence-corrected chi connectivity index (χ2v) is 6.66. The molecule has 0 aromatic heterocycles. The standard InChI is InChI=1S/C19H22O2/c1-19(2,3)15-7-5-13(6-8-15)18-12-14-11-16(20-4)9-10-17(14)21-18/h5-11,18H,12H2,1-4H3. The Kier molecular flexibility index (Phi) is 3.40. The summed E-state index contributed by atoms with van der Waals surface area (Å²) in [5.74, 6) is 1.86. The minimum Gasteiger partial charge on any atom is -0.497 e. The van der Waals surface area contributed by atoms with Gasteiger partial charge >= 0.3 is 0 Å². The maximum absolute atomic E-state index is 6.06. The van der Waals surface area contributed by atoms with Crippen LogP contribution in [0.3, 0.4) is 0 Å². The van der Waals surface area contributed by atoms with Crippen LogP contribution in [-0.4, -0.2) is 7.11 Å². The second-order valence-electron chi connectivity index (χ2n) is 6.66. The Morgan fingerprint density at radius 2 is 1.76 bits per heavy atom. The molecule has 2 nitrogen and oxygen atoms in total. The molecule has 0 fully saturated rings. The molecule has 0 bridgehead atoms. The lowest BCUT2D eigenvalue weighted by Gasteiger charge is -2.20. The summed E-state index contributed by atoms with van der Waals surface area (Å²) in [6.45, 7) is 6.70. The Morgan fingerprint density at radius 1 is 1.05 bits per heavy atom. The molecular weight excluding hydrogens is 260 g/mol. The number of methoxy groups -OCH3 is 1. The smallest absolute Gasteiger partial charge is 0.128 e. The van der Waals surface area contributed by atoms with Gasteiger partial charge in [0.1, 0.15) is 17.6 Å². The fourth-order valence-corrected chi connectivity index (χ4v) is 2.74. The molecule has 0 N–H and O–H groups in total. The molecule has 1 aliphatic rings. The zero-order chi connectivity index (χ0) is 15.0. The third-order valence-electron chi connectivity index (χ3n) is 4.09. The van der Waals surface area contributed by atoms with Gasteiger partial charge in [-0.1, -0.05) is 45.0 Å². The summed E-state index contributed by atoms with van der Waals surface area (Å²) in [6.07, 6.45) is 1.02. The van der Waals surface area contributed by atoms with Gasteiger partial charge in [-0.25, -0.2) is 0 Å². The van der Waals surface area contributed by atoms with Crippen LogP contribution in [0.1, 0.15) is 43.6 Å². The van der Waals surface area contributed by atoms with Gasteiger partial charge in [0.2, 0.25) is 0 Å². The largest absolute Gasteiger partial charge is 0.497 e. The molecular formula is C19H22O2. The van der Waals surface area contributed by atoms with E-state index in [1.807, 2.05) is 12.1 Å². The molecule has 2 aromatic rings. The number of benzene rings is 2. The Morgan fingerprint density at radius 3 is 2.38 bits per heavy atom. The van der Waals surface area contributed by atoms with E-state index in [1.165, 1.54) is 16.7 Å². The van der Waals surface area contributed by atoms with Crippen LogP contribution >= 0.6 is 0 Å². The minimum atomic E-state index is 0.112. The molecule has 0 spiro atoms. The molecule has 0 amide bonds. The molecule has 2 heteroatoms. The molecule has 0 radical (unpaired) electrons. The minimum absolute atomic E-state index is 0.112. The molecule has 3 rings (SSSR count). The van der Waals surface area contributed by atoms with Gasteiger partial charge in [-0.05, 0) is 34.7 Å². The first-order chi connectivity index (χ1) is 9.97. The van der Waals surface area contributed by atoms with Crippen molar-refractivity contribution in [2.24, 2.45) is 0 Å². The number of hydrogen-bond donors (Lipinski definition) is 0. The van der Waals surface area contributed by atoms with Crippen molar-refractivity contribution < 1.29 is 9.47 Å². The Hall–Kier alpha value is -1.96. The van der Waals surface area contributed by atoms with Crippen molar-refractivity contribution >= 4 is 0 Å². The van der Waals surface area contributed by atoms with Gasteiger partial charge in [0.05, 0.1) is 7.11 Å². The topological polar surface area (TPSA) is 18.5 Å². The molecule has 1 atom stereocenters. The second kappa shape index (κ2) is 5.10. The quantitative estimate of drug-likeness (QED) is 0.797. The maximum Gasteiger partial charge on any atom is 0.128 e. The van der Waals surface area contributed by atoms with Crippen molar-refractivity contribution in [3.63, 3.8) is 0 Å². The lowest BCUT2D eigenvalue weighted by atomic mass is 9.86. The van der Waals surface area contributed by atoms with E-state index in [0.29, 0.717) is 0 Å². The molecule has 110 valence electrons. The fourth-order valence-electron chi connectivity index (χ4n) is 2.74. The van der Waals surface area contributed by atoms with Crippen LogP contribution in [0.2, 0.25) is 0 Å². The fraction of sp³-hybridized carbons (Fsp3) is 0.368. The van der Waals surface area contributed by atoms with Crippen molar-refractivity contribution in [1.82, 2.24) is 0 Å². The van der Waals surface area contributed by atoms with Crippen molar-refractivity contribution in [3.8, 4) is 11.5 Å². The van der Waals surface area contributed by atoms with Crippen molar-refractivity contribution in [2.45, 2.75) is 38.7 Å². The number of ether oxygens (including phenoxy) is 2. The highest BCUT2D eigenvalue weighted by molar-refractivity contribution is 5.45. The molecule has 2 aromatic carbocycles. The molecule has 1 heterocycles. The van der Waals surface area contributed by atoms with Gasteiger partial charge in [-0.2, -0.15) is 0 Å². The van der Waals surface area contributed by atoms with Gasteiger partial charge in [-0.15, -0.1) is 0 Å². The number of rotatable bonds is 2. The first-order valence-electron chi connectivity index (χ1n) is 7.41. The maximum atomic E-state index is 6.06. The summed E-state index contributed by atoms with van der Waals surface area (Å²) in [4.78, 5) is 0. The SMILES string of the molecule is COc1ccc2c(c1)CC(c1ccc(C(C)(C)C)cc1)O2. The lowest BCUT2D eigenvalue weighted by Crippen LogP contribution is -2.11. The first kappa shape index (κ1) is 14.0. The van der Waals surface area contributed by atoms with Crippen LogP contribution in [0, 0.1) is 0 Å². The zero-order valence-corrected chi connectivity index (χ0v) is 13.1. The lowest BCUT2D eigenvalue weighted by molar-refractivity contribution is 0.238. The van der Waals surface area contributed by atoms with Crippen molar-refractivity contribution in [2.75, 3.05) is 7.11 Å². The number of hydrogen-bond acceptors (Lipinski definition) is 2. The van der Waals surface area contributed by atoms with Gasteiger partial charge in [-0.3, -0.25) is 0 Å². The summed E-state index contributed by atoms with van der Waals surface area (Å²) in [5.41, 5.74) is 3.99. The molecule has 0 saturated heterocycles. The summed E-state index contributed by atoms with van der Waals surface area (Å²) in [5, 5.41) is 0. The number of fused-ring (bicyclic) bond motifs is 1. The van der Waals surface area contributed by atoms with Crippen LogP contribution in [0.15, 0.2) is 42.5 Å². The summed E-state index contributed by atoms with van der Waals surface area (Å²) in [6, 6.07) is 14.8. The Labute approximate surface area is 126 Å². The van der Waals surface area contributed by atoms with E-state index in [1.54, 1.807) is 7.11 Å². The van der Waals surface area contributed by atoms with Gasteiger partial charge in [0, 0.05) is 12.0 Å². The van der Waals surface area contributed by atoms with E-state index < -0.39 is 0 Å². The molecule has 21 heavy (non-hydrogen) atoms. The molecule has 0 saturated carbocycles. The summed E-state index contributed by atoms with van der Waals surface area (Å²) < 4.78 is 11.3. The van der Waals surface area contributed by atoms with Gasteiger partial charge in [0.25, 0.3) is 0 Å². The third-order valence-corrected chi connectivity index (χ3v) is 4.09. The highest BCUT2D eigenvalue weighted by atomic mass is 16.5. The monoisotopic (exact) mass is 282 g/mol. The highest BCUT2D eigenvalue weighted by Gasteiger charge is 2.25. The van der Waals surface area contributed by atoms with E-state index in [4.69, 9.17) is 9.47 Å². The predicted octanol–water partition coefficient (Wildman–Crippen LogP) is 4.67. The van der Waals surface area contributed by atoms with Crippen LogP contribution < -0.4 is 9.47 Å².